The van der Waals surface area contributed by atoms with Crippen molar-refractivity contribution in [3.8, 4) is 158 Å². The third kappa shape index (κ3) is 11.5. The Morgan fingerprint density at radius 1 is 0.167 bits per heavy atom. The average molecular weight is 1220 g/mol. The summed E-state index contributed by atoms with van der Waals surface area (Å²) >= 11 is 0. The second-order valence-corrected chi connectivity index (χ2v) is 23.6. The normalized spacial score (nSPS) is 11.1. The third-order valence-corrected chi connectivity index (χ3v) is 17.8. The zero-order valence-corrected chi connectivity index (χ0v) is 51.8. The molecule has 0 amide bonds. The van der Waals surface area contributed by atoms with Crippen molar-refractivity contribution in [2.45, 2.75) is 0 Å². The number of benzene rings is 14. The molecular formula is C88H54N8. The van der Waals surface area contributed by atoms with Crippen molar-refractivity contribution in [1.29, 1.82) is 10.5 Å². The second-order valence-electron chi connectivity index (χ2n) is 23.6. The first-order valence-electron chi connectivity index (χ1n) is 31.7. The van der Waals surface area contributed by atoms with E-state index in [0.717, 1.165) is 127 Å². The summed E-state index contributed by atoms with van der Waals surface area (Å²) in [4.78, 5) is 30.4. The molecular weight excluding hydrogens is 1170 g/mol. The summed E-state index contributed by atoms with van der Waals surface area (Å²) in [5, 5.41) is 23.6. The van der Waals surface area contributed by atoms with Crippen LogP contribution in [0.15, 0.2) is 328 Å². The van der Waals surface area contributed by atoms with Gasteiger partial charge in [0.2, 0.25) is 0 Å². The molecule has 0 unspecified atom stereocenters. The second kappa shape index (κ2) is 25.4. The molecule has 2 aromatic heterocycles. The van der Waals surface area contributed by atoms with E-state index in [1.54, 1.807) is 0 Å². The fourth-order valence-corrected chi connectivity index (χ4v) is 12.7. The molecule has 0 aliphatic rings. The number of rotatable bonds is 13. The molecule has 0 fully saturated rings. The summed E-state index contributed by atoms with van der Waals surface area (Å²) in [6.07, 6.45) is 0. The zero-order chi connectivity index (χ0) is 64.3. The number of nitriles is 2. The van der Waals surface area contributed by atoms with Gasteiger partial charge in [-0.2, -0.15) is 10.5 Å². The van der Waals surface area contributed by atoms with E-state index < -0.39 is 0 Å². The minimum absolute atomic E-state index is 0.579. The largest absolute Gasteiger partial charge is 0.208 e. The fraction of sp³-hybridized carbons (Fsp3) is 0. The molecule has 96 heavy (non-hydrogen) atoms. The lowest BCUT2D eigenvalue weighted by Crippen LogP contribution is -2.00. The first-order chi connectivity index (χ1) is 47.4. The van der Waals surface area contributed by atoms with Crippen LogP contribution in [0.1, 0.15) is 11.1 Å². The van der Waals surface area contributed by atoms with E-state index in [1.807, 2.05) is 103 Å². The molecule has 0 saturated heterocycles. The molecule has 14 aromatic carbocycles. The Bertz CT molecular complexity index is 5650. The third-order valence-electron chi connectivity index (χ3n) is 17.8. The molecule has 446 valence electrons. The topological polar surface area (TPSA) is 125 Å². The van der Waals surface area contributed by atoms with Gasteiger partial charge in [0, 0.05) is 33.4 Å². The summed E-state index contributed by atoms with van der Waals surface area (Å²) in [6, 6.07) is 117. The Labute approximate surface area is 555 Å². The minimum atomic E-state index is 0.579. The van der Waals surface area contributed by atoms with Crippen molar-refractivity contribution < 1.29 is 0 Å². The fourth-order valence-electron chi connectivity index (χ4n) is 12.7. The zero-order valence-electron chi connectivity index (χ0n) is 51.8. The van der Waals surface area contributed by atoms with Crippen LogP contribution in [0.3, 0.4) is 0 Å². The van der Waals surface area contributed by atoms with E-state index in [1.165, 1.54) is 5.39 Å². The maximum absolute atomic E-state index is 9.58. The van der Waals surface area contributed by atoms with Gasteiger partial charge in [0.1, 0.15) is 0 Å². The molecule has 0 saturated carbocycles. The predicted octanol–water partition coefficient (Wildman–Crippen LogP) is 21.8. The van der Waals surface area contributed by atoms with Gasteiger partial charge in [-0.15, -0.1) is 0 Å². The highest BCUT2D eigenvalue weighted by Crippen LogP contribution is 2.40. The molecule has 0 atom stereocenters. The summed E-state index contributed by atoms with van der Waals surface area (Å²) in [5.41, 5.74) is 22.0. The standard InChI is InChI=1S/C88H54N8/c89-55-57-22-24-65(25-23-57)75-50-51-76(80-19-8-7-18-79(75)80)66-38-26-59(27-39-66)61-30-42-70(43-31-61)85-91-83(68-13-3-1-4-14-68)93-87(95-85)72-46-34-63(35-47-72)64-36-48-73(49-37-64)88-94-84(69-15-5-2-6-16-69)92-86(96-88)71-44-32-62(33-45-71)60-28-40-67(41-29-60)77-52-53-78(82-21-10-9-20-81(77)82)74-17-11-12-58(54-74)56-90/h1-54H. The Kier molecular flexibility index (Phi) is 15.2. The molecule has 0 radical (unpaired) electrons. The van der Waals surface area contributed by atoms with Crippen LogP contribution in [0.4, 0.5) is 0 Å². The highest BCUT2D eigenvalue weighted by Gasteiger charge is 2.18. The molecule has 8 nitrogen and oxygen atoms in total. The lowest BCUT2D eigenvalue weighted by atomic mass is 9.91. The number of hydrogen-bond acceptors (Lipinski definition) is 8. The van der Waals surface area contributed by atoms with Gasteiger partial charge in [0.05, 0.1) is 23.3 Å². The van der Waals surface area contributed by atoms with Crippen molar-refractivity contribution in [1.82, 2.24) is 29.9 Å². The van der Waals surface area contributed by atoms with E-state index in [4.69, 9.17) is 29.9 Å². The molecule has 16 rings (SSSR count). The van der Waals surface area contributed by atoms with Gasteiger partial charge >= 0.3 is 0 Å². The van der Waals surface area contributed by atoms with Gasteiger partial charge in [-0.1, -0.05) is 303 Å². The summed E-state index contributed by atoms with van der Waals surface area (Å²) in [7, 11) is 0. The molecule has 0 aliphatic carbocycles. The highest BCUT2D eigenvalue weighted by molar-refractivity contribution is 6.06. The number of hydrogen-bond donors (Lipinski definition) is 0. The molecule has 0 bridgehead atoms. The van der Waals surface area contributed by atoms with Gasteiger partial charge in [-0.05, 0) is 124 Å². The van der Waals surface area contributed by atoms with Gasteiger partial charge < -0.3 is 0 Å². The van der Waals surface area contributed by atoms with Crippen LogP contribution in [-0.4, -0.2) is 29.9 Å². The molecule has 0 spiro atoms. The number of nitrogens with zero attached hydrogens (tertiary/aromatic N) is 8. The minimum Gasteiger partial charge on any atom is -0.208 e. The Balaban J connectivity index is 0.635. The maximum atomic E-state index is 9.58. The lowest BCUT2D eigenvalue weighted by Gasteiger charge is -2.13. The van der Waals surface area contributed by atoms with Crippen LogP contribution in [0.5, 0.6) is 0 Å². The molecule has 0 N–H and O–H groups in total. The van der Waals surface area contributed by atoms with Crippen LogP contribution in [0.25, 0.3) is 168 Å². The van der Waals surface area contributed by atoms with Gasteiger partial charge in [0.15, 0.2) is 34.9 Å². The van der Waals surface area contributed by atoms with Gasteiger partial charge in [-0.25, -0.2) is 29.9 Å². The molecule has 2 heterocycles. The molecule has 16 aromatic rings. The first kappa shape index (κ1) is 57.7. The summed E-state index contributed by atoms with van der Waals surface area (Å²) in [6.45, 7) is 0. The SMILES string of the molecule is N#Cc1ccc(-c2ccc(-c3ccc(-c4ccc(-c5nc(-c6ccccc6)nc(-c6ccc(-c7ccc(-c8nc(-c9ccccc9)nc(-c9ccc(-c%10ccc(-c%11ccc(-c%12cccc(C#N)c%12)c%12ccccc%11%12)cc%10)cc9)n8)cc7)cc6)n5)cc4)cc3)c3ccccc23)cc1. The van der Waals surface area contributed by atoms with E-state index >= 15 is 0 Å². The van der Waals surface area contributed by atoms with E-state index in [0.29, 0.717) is 46.1 Å². The van der Waals surface area contributed by atoms with Gasteiger partial charge in [0.25, 0.3) is 0 Å². The van der Waals surface area contributed by atoms with Crippen LogP contribution in [0.2, 0.25) is 0 Å². The Hall–Kier alpha value is -13.4. The smallest absolute Gasteiger partial charge is 0.164 e. The van der Waals surface area contributed by atoms with Crippen molar-refractivity contribution in [3.63, 3.8) is 0 Å². The predicted molar refractivity (Wildman–Crippen MR) is 388 cm³/mol. The van der Waals surface area contributed by atoms with E-state index in [-0.39, 0.29) is 0 Å². The number of aromatic nitrogens is 6. The highest BCUT2D eigenvalue weighted by atomic mass is 15.0. The van der Waals surface area contributed by atoms with Crippen LogP contribution >= 0.6 is 0 Å². The monoisotopic (exact) mass is 1220 g/mol. The summed E-state index contributed by atoms with van der Waals surface area (Å²) < 4.78 is 0. The summed E-state index contributed by atoms with van der Waals surface area (Å²) in [5.74, 6) is 3.52. The Morgan fingerprint density at radius 2 is 0.385 bits per heavy atom. The van der Waals surface area contributed by atoms with Crippen LogP contribution in [-0.2, 0) is 0 Å². The number of fused-ring (bicyclic) bond motifs is 2. The van der Waals surface area contributed by atoms with E-state index in [2.05, 4.69) is 237 Å². The van der Waals surface area contributed by atoms with Crippen LogP contribution in [0, 0.1) is 22.7 Å². The first-order valence-corrected chi connectivity index (χ1v) is 31.7. The van der Waals surface area contributed by atoms with Crippen molar-refractivity contribution in [3.05, 3.63) is 339 Å². The van der Waals surface area contributed by atoms with Gasteiger partial charge in [-0.3, -0.25) is 0 Å². The van der Waals surface area contributed by atoms with Crippen molar-refractivity contribution in [2.75, 3.05) is 0 Å². The van der Waals surface area contributed by atoms with Crippen molar-refractivity contribution in [2.24, 2.45) is 0 Å². The molecule has 8 heteroatoms. The van der Waals surface area contributed by atoms with Crippen LogP contribution < -0.4 is 0 Å². The van der Waals surface area contributed by atoms with E-state index in [9.17, 15) is 10.5 Å². The quantitative estimate of drug-likeness (QED) is 0.112. The average Bonchev–Trinajstić information content (AvgIpc) is 0.788. The lowest BCUT2D eigenvalue weighted by molar-refractivity contribution is 1.07. The molecule has 0 aliphatic heterocycles. The Morgan fingerprint density at radius 3 is 0.667 bits per heavy atom. The maximum Gasteiger partial charge on any atom is 0.164 e. The van der Waals surface area contributed by atoms with Crippen molar-refractivity contribution >= 4 is 21.5 Å².